The number of halogens is 2. The molecule has 1 aromatic carbocycles. The van der Waals surface area contributed by atoms with Crippen molar-refractivity contribution < 1.29 is 0 Å². The van der Waals surface area contributed by atoms with Crippen LogP contribution in [0.2, 0.25) is 10.0 Å². The van der Waals surface area contributed by atoms with E-state index in [9.17, 15) is 0 Å². The summed E-state index contributed by atoms with van der Waals surface area (Å²) in [6, 6.07) is 3.47. The molecule has 0 aliphatic heterocycles. The predicted molar refractivity (Wildman–Crippen MR) is 47.5 cm³/mol. The maximum Gasteiger partial charge on any atom is 0.223 e. The Bertz CT molecular complexity index is 326. The lowest BCUT2D eigenvalue weighted by molar-refractivity contribution is 1.48. The van der Waals surface area contributed by atoms with Crippen LogP contribution in [0.15, 0.2) is 12.1 Å². The van der Waals surface area contributed by atoms with Gasteiger partial charge in [0, 0.05) is 5.02 Å². The van der Waals surface area contributed by atoms with Gasteiger partial charge in [0.2, 0.25) is 5.69 Å². The maximum atomic E-state index is 6.78. The van der Waals surface area contributed by atoms with Crippen LogP contribution in [0.3, 0.4) is 0 Å². The van der Waals surface area contributed by atoms with Crippen LogP contribution >= 0.6 is 23.2 Å². The van der Waals surface area contributed by atoms with Gasteiger partial charge in [-0.1, -0.05) is 35.3 Å². The fraction of sp³-hybridized carbons (Fsp3) is 0.125. The van der Waals surface area contributed by atoms with Gasteiger partial charge in [0.1, 0.15) is 0 Å². The van der Waals surface area contributed by atoms with E-state index in [1.807, 2.05) is 6.92 Å². The molecule has 0 aliphatic carbocycles. The van der Waals surface area contributed by atoms with Gasteiger partial charge in [-0.15, -0.1) is 0 Å². The molecule has 0 aliphatic rings. The van der Waals surface area contributed by atoms with Crippen molar-refractivity contribution in [3.8, 4) is 0 Å². The molecule has 0 bridgehead atoms. The summed E-state index contributed by atoms with van der Waals surface area (Å²) in [4.78, 5) is 3.22. The van der Waals surface area contributed by atoms with Gasteiger partial charge in [-0.05, 0) is 12.5 Å². The van der Waals surface area contributed by atoms with Crippen LogP contribution in [0.5, 0.6) is 0 Å². The van der Waals surface area contributed by atoms with Crippen molar-refractivity contribution in [2.75, 3.05) is 0 Å². The van der Waals surface area contributed by atoms with E-state index < -0.39 is 0 Å². The van der Waals surface area contributed by atoms with Crippen molar-refractivity contribution in [3.05, 3.63) is 39.2 Å². The molecule has 0 aromatic heterocycles. The molecule has 0 saturated carbocycles. The highest BCUT2D eigenvalue weighted by molar-refractivity contribution is 6.39. The van der Waals surface area contributed by atoms with E-state index in [2.05, 4.69) is 4.85 Å². The SMILES string of the molecule is [C-]#[N+]c1c(Cl)ccc(C)c1Cl. The number of benzene rings is 1. The van der Waals surface area contributed by atoms with Crippen molar-refractivity contribution in [1.82, 2.24) is 0 Å². The molecule has 0 fully saturated rings. The molecule has 3 heteroatoms. The molecule has 0 heterocycles. The summed E-state index contributed by atoms with van der Waals surface area (Å²) in [5, 5.41) is 0.864. The van der Waals surface area contributed by atoms with Crippen LogP contribution in [-0.2, 0) is 0 Å². The van der Waals surface area contributed by atoms with Gasteiger partial charge < -0.3 is 0 Å². The molecule has 11 heavy (non-hydrogen) atoms. The highest BCUT2D eigenvalue weighted by Crippen LogP contribution is 2.34. The van der Waals surface area contributed by atoms with E-state index in [4.69, 9.17) is 29.8 Å². The second-order valence-electron chi connectivity index (χ2n) is 2.14. The first-order chi connectivity index (χ1) is 5.16. The van der Waals surface area contributed by atoms with E-state index in [-0.39, 0.29) is 0 Å². The quantitative estimate of drug-likeness (QED) is 0.542. The maximum absolute atomic E-state index is 6.78. The summed E-state index contributed by atoms with van der Waals surface area (Å²) >= 11 is 11.5. The Balaban J connectivity index is 3.44. The lowest BCUT2D eigenvalue weighted by Crippen LogP contribution is -1.75. The third kappa shape index (κ3) is 1.48. The minimum atomic E-state index is 0.341. The standard InChI is InChI=1S/C8H5Cl2N/c1-5-3-4-6(9)8(11-2)7(5)10/h3-4H,1H3. The topological polar surface area (TPSA) is 4.36 Å². The number of nitrogens with zero attached hydrogens (tertiary/aromatic N) is 1. The van der Waals surface area contributed by atoms with Crippen LogP contribution in [0.4, 0.5) is 5.69 Å². The molecule has 0 radical (unpaired) electrons. The molecule has 1 nitrogen and oxygen atoms in total. The zero-order chi connectivity index (χ0) is 8.43. The average Bonchev–Trinajstić information content (AvgIpc) is 1.99. The second-order valence-corrected chi connectivity index (χ2v) is 2.92. The molecule has 56 valence electrons. The van der Waals surface area contributed by atoms with Crippen LogP contribution in [0.1, 0.15) is 5.56 Å². The largest absolute Gasteiger partial charge is 0.235 e. The Morgan fingerprint density at radius 3 is 2.45 bits per heavy atom. The molecule has 0 atom stereocenters. The summed E-state index contributed by atoms with van der Waals surface area (Å²) in [7, 11) is 0. The second kappa shape index (κ2) is 3.13. The van der Waals surface area contributed by atoms with Crippen LogP contribution in [-0.4, -0.2) is 0 Å². The third-order valence-electron chi connectivity index (χ3n) is 1.37. The van der Waals surface area contributed by atoms with E-state index in [0.29, 0.717) is 15.7 Å². The zero-order valence-electron chi connectivity index (χ0n) is 5.86. The van der Waals surface area contributed by atoms with Gasteiger partial charge in [-0.25, -0.2) is 4.85 Å². The summed E-state index contributed by atoms with van der Waals surface area (Å²) in [6.07, 6.45) is 0. The number of aryl methyl sites for hydroxylation is 1. The van der Waals surface area contributed by atoms with Crippen LogP contribution in [0.25, 0.3) is 4.85 Å². The number of hydrogen-bond acceptors (Lipinski definition) is 0. The Morgan fingerprint density at radius 2 is 2.00 bits per heavy atom. The average molecular weight is 186 g/mol. The fourth-order valence-corrected chi connectivity index (χ4v) is 1.20. The van der Waals surface area contributed by atoms with Gasteiger partial charge in [0.25, 0.3) is 0 Å². The molecule has 0 amide bonds. The minimum Gasteiger partial charge on any atom is -0.235 e. The predicted octanol–water partition coefficient (Wildman–Crippen LogP) is 3.85. The fourth-order valence-electron chi connectivity index (χ4n) is 0.744. The van der Waals surface area contributed by atoms with E-state index in [1.54, 1.807) is 12.1 Å². The van der Waals surface area contributed by atoms with Gasteiger partial charge in [-0.3, -0.25) is 0 Å². The molecular formula is C8H5Cl2N. The molecular weight excluding hydrogens is 181 g/mol. The summed E-state index contributed by atoms with van der Waals surface area (Å²) in [5.41, 5.74) is 1.22. The van der Waals surface area contributed by atoms with E-state index in [1.165, 1.54) is 0 Å². The Labute approximate surface area is 75.4 Å². The number of hydrogen-bond donors (Lipinski definition) is 0. The Morgan fingerprint density at radius 1 is 1.36 bits per heavy atom. The Kier molecular flexibility index (Phi) is 2.38. The smallest absolute Gasteiger partial charge is 0.223 e. The van der Waals surface area contributed by atoms with Crippen molar-refractivity contribution >= 4 is 28.9 Å². The zero-order valence-corrected chi connectivity index (χ0v) is 7.37. The summed E-state index contributed by atoms with van der Waals surface area (Å²) < 4.78 is 0. The first-order valence-electron chi connectivity index (χ1n) is 2.99. The van der Waals surface area contributed by atoms with Crippen molar-refractivity contribution in [2.24, 2.45) is 0 Å². The lowest BCUT2D eigenvalue weighted by atomic mass is 10.2. The summed E-state index contributed by atoms with van der Waals surface area (Å²) in [6.45, 7) is 8.62. The molecule has 0 saturated heterocycles. The molecule has 1 aromatic rings. The lowest BCUT2D eigenvalue weighted by Gasteiger charge is -2.00. The van der Waals surface area contributed by atoms with Crippen LogP contribution in [0, 0.1) is 13.5 Å². The Hall–Kier alpha value is -0.710. The van der Waals surface area contributed by atoms with Gasteiger partial charge >= 0.3 is 0 Å². The summed E-state index contributed by atoms with van der Waals surface area (Å²) in [5.74, 6) is 0. The molecule has 0 spiro atoms. The number of rotatable bonds is 0. The first kappa shape index (κ1) is 8.39. The molecule has 0 unspecified atom stereocenters. The van der Waals surface area contributed by atoms with Gasteiger partial charge in [-0.2, -0.15) is 0 Å². The van der Waals surface area contributed by atoms with Crippen molar-refractivity contribution in [3.63, 3.8) is 0 Å². The molecule has 0 N–H and O–H groups in total. The molecule has 1 rings (SSSR count). The highest BCUT2D eigenvalue weighted by atomic mass is 35.5. The third-order valence-corrected chi connectivity index (χ3v) is 2.15. The van der Waals surface area contributed by atoms with Crippen molar-refractivity contribution in [1.29, 1.82) is 0 Å². The van der Waals surface area contributed by atoms with E-state index in [0.717, 1.165) is 5.56 Å². The van der Waals surface area contributed by atoms with Gasteiger partial charge in [0.05, 0.1) is 11.6 Å². The van der Waals surface area contributed by atoms with E-state index >= 15 is 0 Å². The van der Waals surface area contributed by atoms with Crippen molar-refractivity contribution in [2.45, 2.75) is 6.92 Å². The first-order valence-corrected chi connectivity index (χ1v) is 3.74. The normalized spacial score (nSPS) is 9.27. The highest BCUT2D eigenvalue weighted by Gasteiger charge is 2.06. The minimum absolute atomic E-state index is 0.341. The van der Waals surface area contributed by atoms with Gasteiger partial charge in [0.15, 0.2) is 0 Å². The van der Waals surface area contributed by atoms with Crippen LogP contribution < -0.4 is 0 Å². The monoisotopic (exact) mass is 185 g/mol.